The molecule has 29 heavy (non-hydrogen) atoms. The predicted molar refractivity (Wildman–Crippen MR) is 111 cm³/mol. The van der Waals surface area contributed by atoms with Crippen LogP contribution in [0.3, 0.4) is 0 Å². The zero-order chi connectivity index (χ0) is 20.8. The summed E-state index contributed by atoms with van der Waals surface area (Å²) in [4.78, 5) is 24.3. The second kappa shape index (κ2) is 9.01. The van der Waals surface area contributed by atoms with Crippen LogP contribution in [0.2, 0.25) is 0 Å². The molecule has 0 radical (unpaired) electrons. The summed E-state index contributed by atoms with van der Waals surface area (Å²) in [5, 5.41) is 5.32. The number of ether oxygens (including phenoxy) is 1. The van der Waals surface area contributed by atoms with Gasteiger partial charge in [-0.15, -0.1) is 0 Å². The summed E-state index contributed by atoms with van der Waals surface area (Å²) in [7, 11) is 0. The molecular weight excluding hydrogens is 371 g/mol. The van der Waals surface area contributed by atoms with E-state index in [0.717, 1.165) is 16.8 Å². The van der Waals surface area contributed by atoms with Gasteiger partial charge in [0.2, 0.25) is 0 Å². The lowest BCUT2D eigenvalue weighted by atomic mass is 10.1. The SMILES string of the molecule is Cc1ccc(NC(=O)c2ccc(OCC(=O)Nc3ccccc3F)cc2)c(C)c1. The van der Waals surface area contributed by atoms with Gasteiger partial charge in [0.05, 0.1) is 5.69 Å². The lowest BCUT2D eigenvalue weighted by Gasteiger charge is -2.10. The molecule has 0 spiro atoms. The first-order valence-electron chi connectivity index (χ1n) is 9.08. The molecule has 0 aromatic heterocycles. The molecular formula is C23H21FN2O3. The summed E-state index contributed by atoms with van der Waals surface area (Å²) in [5.74, 6) is -0.802. The zero-order valence-electron chi connectivity index (χ0n) is 16.2. The molecule has 0 atom stereocenters. The first kappa shape index (κ1) is 20.1. The highest BCUT2D eigenvalue weighted by Gasteiger charge is 2.10. The van der Waals surface area contributed by atoms with Crippen LogP contribution >= 0.6 is 0 Å². The van der Waals surface area contributed by atoms with Crippen LogP contribution in [0, 0.1) is 19.7 Å². The normalized spacial score (nSPS) is 10.3. The van der Waals surface area contributed by atoms with Crippen LogP contribution in [-0.4, -0.2) is 18.4 Å². The van der Waals surface area contributed by atoms with Gasteiger partial charge in [0, 0.05) is 11.3 Å². The van der Waals surface area contributed by atoms with Crippen LogP contribution in [0.5, 0.6) is 5.75 Å². The fraction of sp³-hybridized carbons (Fsp3) is 0.130. The summed E-state index contributed by atoms with van der Waals surface area (Å²) < 4.78 is 18.9. The minimum Gasteiger partial charge on any atom is -0.484 e. The second-order valence-corrected chi connectivity index (χ2v) is 6.61. The Morgan fingerprint density at radius 3 is 2.31 bits per heavy atom. The van der Waals surface area contributed by atoms with Crippen LogP contribution in [0.1, 0.15) is 21.5 Å². The molecule has 0 fully saturated rings. The second-order valence-electron chi connectivity index (χ2n) is 6.61. The maximum atomic E-state index is 13.5. The number of carbonyl (C=O) groups excluding carboxylic acids is 2. The molecule has 3 aromatic rings. The Labute approximate surface area is 168 Å². The van der Waals surface area contributed by atoms with E-state index in [0.29, 0.717) is 11.3 Å². The van der Waals surface area contributed by atoms with Crippen molar-refractivity contribution in [3.05, 3.63) is 89.2 Å². The summed E-state index contributed by atoms with van der Waals surface area (Å²) in [5.41, 5.74) is 3.43. The van der Waals surface area contributed by atoms with Crippen LogP contribution in [0.15, 0.2) is 66.7 Å². The Kier molecular flexibility index (Phi) is 6.24. The third kappa shape index (κ3) is 5.42. The monoisotopic (exact) mass is 392 g/mol. The van der Waals surface area contributed by atoms with Crippen molar-refractivity contribution in [2.45, 2.75) is 13.8 Å². The number of anilines is 2. The van der Waals surface area contributed by atoms with E-state index < -0.39 is 11.7 Å². The summed E-state index contributed by atoms with van der Waals surface area (Å²) >= 11 is 0. The van der Waals surface area contributed by atoms with Crippen LogP contribution in [-0.2, 0) is 4.79 Å². The van der Waals surface area contributed by atoms with Crippen LogP contribution in [0.4, 0.5) is 15.8 Å². The molecule has 2 N–H and O–H groups in total. The van der Waals surface area contributed by atoms with Crippen molar-refractivity contribution in [2.24, 2.45) is 0 Å². The molecule has 5 nitrogen and oxygen atoms in total. The van der Waals surface area contributed by atoms with Gasteiger partial charge < -0.3 is 15.4 Å². The minimum atomic E-state index is -0.514. The van der Waals surface area contributed by atoms with Gasteiger partial charge >= 0.3 is 0 Å². The number of hydrogen-bond donors (Lipinski definition) is 2. The van der Waals surface area contributed by atoms with E-state index in [1.807, 2.05) is 32.0 Å². The molecule has 0 unspecified atom stereocenters. The first-order valence-corrected chi connectivity index (χ1v) is 9.08. The summed E-state index contributed by atoms with van der Waals surface area (Å²) in [6.45, 7) is 3.66. The van der Waals surface area contributed by atoms with E-state index in [9.17, 15) is 14.0 Å². The van der Waals surface area contributed by atoms with Crippen molar-refractivity contribution in [3.8, 4) is 5.75 Å². The first-order chi connectivity index (χ1) is 13.9. The van der Waals surface area contributed by atoms with Crippen LogP contribution < -0.4 is 15.4 Å². The molecule has 0 aliphatic rings. The number of amides is 2. The highest BCUT2D eigenvalue weighted by molar-refractivity contribution is 6.04. The van der Waals surface area contributed by atoms with Crippen molar-refractivity contribution >= 4 is 23.2 Å². The predicted octanol–water partition coefficient (Wildman–Crippen LogP) is 4.71. The maximum Gasteiger partial charge on any atom is 0.262 e. The van der Waals surface area contributed by atoms with Gasteiger partial charge in [0.15, 0.2) is 6.61 Å². The fourth-order valence-electron chi connectivity index (χ4n) is 2.75. The molecule has 0 aliphatic carbocycles. The fourth-order valence-corrected chi connectivity index (χ4v) is 2.75. The van der Waals surface area contributed by atoms with Crippen molar-refractivity contribution in [1.29, 1.82) is 0 Å². The quantitative estimate of drug-likeness (QED) is 0.638. The smallest absolute Gasteiger partial charge is 0.262 e. The highest BCUT2D eigenvalue weighted by atomic mass is 19.1. The van der Waals surface area contributed by atoms with Crippen molar-refractivity contribution in [2.75, 3.05) is 17.2 Å². The average Bonchev–Trinajstić information content (AvgIpc) is 2.70. The van der Waals surface area contributed by atoms with E-state index >= 15 is 0 Å². The Balaban J connectivity index is 1.55. The lowest BCUT2D eigenvalue weighted by Crippen LogP contribution is -2.20. The molecule has 6 heteroatoms. The van der Waals surface area contributed by atoms with Gasteiger partial charge in [0.25, 0.3) is 11.8 Å². The van der Waals surface area contributed by atoms with Crippen molar-refractivity contribution < 1.29 is 18.7 Å². The largest absolute Gasteiger partial charge is 0.484 e. The molecule has 148 valence electrons. The zero-order valence-corrected chi connectivity index (χ0v) is 16.2. The molecule has 0 saturated heterocycles. The number of para-hydroxylation sites is 1. The minimum absolute atomic E-state index is 0.0968. The summed E-state index contributed by atoms with van der Waals surface area (Å²) in [6.07, 6.45) is 0. The van der Waals surface area contributed by atoms with Crippen molar-refractivity contribution in [3.63, 3.8) is 0 Å². The number of carbonyl (C=O) groups is 2. The van der Waals surface area contributed by atoms with Gasteiger partial charge in [0.1, 0.15) is 11.6 Å². The number of benzene rings is 3. The lowest BCUT2D eigenvalue weighted by molar-refractivity contribution is -0.118. The molecule has 2 amide bonds. The van der Waals surface area contributed by atoms with E-state index in [-0.39, 0.29) is 18.2 Å². The molecule has 0 aliphatic heterocycles. The number of halogens is 1. The standard InChI is InChI=1S/C23H21FN2O3/c1-15-7-12-20(16(2)13-15)26-23(28)17-8-10-18(11-9-17)29-14-22(27)25-21-6-4-3-5-19(21)24/h3-13H,14H2,1-2H3,(H,25,27)(H,26,28). The number of aryl methyl sites for hydroxylation is 2. The Morgan fingerprint density at radius 1 is 0.897 bits per heavy atom. The van der Waals surface area contributed by atoms with E-state index in [4.69, 9.17) is 4.74 Å². The number of nitrogens with one attached hydrogen (secondary N) is 2. The molecule has 0 heterocycles. The molecule has 3 rings (SSSR count). The maximum absolute atomic E-state index is 13.5. The number of hydrogen-bond acceptors (Lipinski definition) is 3. The number of rotatable bonds is 6. The highest BCUT2D eigenvalue weighted by Crippen LogP contribution is 2.18. The Bertz CT molecular complexity index is 1030. The Hall–Kier alpha value is -3.67. The average molecular weight is 392 g/mol. The van der Waals surface area contributed by atoms with Gasteiger partial charge in [-0.2, -0.15) is 0 Å². The van der Waals surface area contributed by atoms with Gasteiger partial charge in [-0.1, -0.05) is 29.8 Å². The third-order valence-electron chi connectivity index (χ3n) is 4.26. The Morgan fingerprint density at radius 2 is 1.62 bits per heavy atom. The van der Waals surface area contributed by atoms with E-state index in [1.165, 1.54) is 12.1 Å². The van der Waals surface area contributed by atoms with Gasteiger partial charge in [-0.25, -0.2) is 4.39 Å². The van der Waals surface area contributed by atoms with Gasteiger partial charge in [-0.05, 0) is 61.9 Å². The molecule has 0 bridgehead atoms. The third-order valence-corrected chi connectivity index (χ3v) is 4.26. The molecule has 3 aromatic carbocycles. The van der Waals surface area contributed by atoms with E-state index in [2.05, 4.69) is 10.6 Å². The van der Waals surface area contributed by atoms with Crippen molar-refractivity contribution in [1.82, 2.24) is 0 Å². The van der Waals surface area contributed by atoms with E-state index in [1.54, 1.807) is 36.4 Å². The summed E-state index contributed by atoms with van der Waals surface area (Å²) in [6, 6.07) is 18.1. The topological polar surface area (TPSA) is 67.4 Å². The van der Waals surface area contributed by atoms with Gasteiger partial charge in [-0.3, -0.25) is 9.59 Å². The van der Waals surface area contributed by atoms with Crippen LogP contribution in [0.25, 0.3) is 0 Å². The molecule has 0 saturated carbocycles.